The Morgan fingerprint density at radius 3 is 2.89 bits per heavy atom. The zero-order chi connectivity index (χ0) is 14.0. The summed E-state index contributed by atoms with van der Waals surface area (Å²) in [6.45, 7) is 2.86. The minimum atomic E-state index is -3.14. The molecule has 0 amide bonds. The van der Waals surface area contributed by atoms with E-state index in [4.69, 9.17) is 0 Å². The number of thiazole rings is 1. The van der Waals surface area contributed by atoms with Gasteiger partial charge >= 0.3 is 0 Å². The molecule has 106 valence electrons. The first-order chi connectivity index (χ1) is 8.88. The second-order valence-corrected chi connectivity index (χ2v) is 7.86. The van der Waals surface area contributed by atoms with Gasteiger partial charge in [0.2, 0.25) is 10.0 Å². The lowest BCUT2D eigenvalue weighted by Crippen LogP contribution is -2.39. The summed E-state index contributed by atoms with van der Waals surface area (Å²) in [4.78, 5) is 16.9. The average Bonchev–Trinajstić information content (AvgIpc) is 2.75. The number of hydrogen-bond donors (Lipinski definition) is 0. The summed E-state index contributed by atoms with van der Waals surface area (Å²) >= 11 is 1.36. The molecule has 0 spiro atoms. The van der Waals surface area contributed by atoms with Crippen LogP contribution in [-0.4, -0.2) is 42.8 Å². The van der Waals surface area contributed by atoms with E-state index < -0.39 is 10.0 Å². The van der Waals surface area contributed by atoms with Crippen LogP contribution in [0.1, 0.15) is 34.6 Å². The fourth-order valence-electron chi connectivity index (χ4n) is 2.42. The second-order valence-electron chi connectivity index (χ2n) is 5.02. The Morgan fingerprint density at radius 1 is 1.58 bits per heavy atom. The van der Waals surface area contributed by atoms with Crippen molar-refractivity contribution in [2.75, 3.05) is 19.3 Å². The lowest BCUT2D eigenvalue weighted by atomic mass is 9.93. The van der Waals surface area contributed by atoms with E-state index >= 15 is 0 Å². The van der Waals surface area contributed by atoms with Crippen molar-refractivity contribution in [3.05, 3.63) is 16.1 Å². The Labute approximate surface area is 117 Å². The van der Waals surface area contributed by atoms with Gasteiger partial charge in [0.05, 0.1) is 22.3 Å². The van der Waals surface area contributed by atoms with Crippen LogP contribution in [0.15, 0.2) is 5.51 Å². The maximum absolute atomic E-state index is 12.2. The average molecular weight is 302 g/mol. The SMILES string of the molecule is Cc1ncsc1C(=O)CC1CCCN(S(C)(=O)=O)C1. The quantitative estimate of drug-likeness (QED) is 0.794. The molecule has 5 nitrogen and oxygen atoms in total. The second kappa shape index (κ2) is 5.68. The van der Waals surface area contributed by atoms with Crippen LogP contribution >= 0.6 is 11.3 Å². The van der Waals surface area contributed by atoms with Crippen LogP contribution in [0.5, 0.6) is 0 Å². The van der Waals surface area contributed by atoms with E-state index in [0.29, 0.717) is 24.4 Å². The third-order valence-electron chi connectivity index (χ3n) is 3.42. The third-order valence-corrected chi connectivity index (χ3v) is 5.66. The highest BCUT2D eigenvalue weighted by Crippen LogP contribution is 2.24. The van der Waals surface area contributed by atoms with E-state index in [2.05, 4.69) is 4.98 Å². The Morgan fingerprint density at radius 2 is 2.32 bits per heavy atom. The number of rotatable bonds is 4. The van der Waals surface area contributed by atoms with E-state index in [1.807, 2.05) is 6.92 Å². The van der Waals surface area contributed by atoms with Crippen LogP contribution in [0.2, 0.25) is 0 Å². The molecule has 19 heavy (non-hydrogen) atoms. The van der Waals surface area contributed by atoms with Crippen LogP contribution in [0.3, 0.4) is 0 Å². The number of sulfonamides is 1. The van der Waals surface area contributed by atoms with Gasteiger partial charge in [-0.2, -0.15) is 0 Å². The van der Waals surface area contributed by atoms with Crippen molar-refractivity contribution in [3.63, 3.8) is 0 Å². The molecule has 0 N–H and O–H groups in total. The van der Waals surface area contributed by atoms with Crippen molar-refractivity contribution in [1.29, 1.82) is 0 Å². The number of piperidine rings is 1. The number of carbonyl (C=O) groups excluding carboxylic acids is 1. The number of Topliss-reactive ketones (excluding diaryl/α,β-unsaturated/α-hetero) is 1. The molecule has 1 aliphatic heterocycles. The molecule has 2 heterocycles. The van der Waals surface area contributed by atoms with Gasteiger partial charge in [-0.15, -0.1) is 11.3 Å². The molecule has 0 aromatic carbocycles. The highest BCUT2D eigenvalue weighted by atomic mass is 32.2. The van der Waals surface area contributed by atoms with E-state index in [9.17, 15) is 13.2 Å². The molecule has 7 heteroatoms. The molecular formula is C12H18N2O3S2. The highest BCUT2D eigenvalue weighted by Gasteiger charge is 2.28. The lowest BCUT2D eigenvalue weighted by Gasteiger charge is -2.30. The zero-order valence-corrected chi connectivity index (χ0v) is 12.8. The molecule has 0 radical (unpaired) electrons. The Bertz CT molecular complexity index is 565. The maximum Gasteiger partial charge on any atom is 0.211 e. The standard InChI is InChI=1S/C12H18N2O3S2/c1-9-12(18-8-13-9)11(15)6-10-4-3-5-14(7-10)19(2,16)17/h8,10H,3-7H2,1-2H3. The van der Waals surface area contributed by atoms with E-state index in [0.717, 1.165) is 18.5 Å². The first-order valence-corrected chi connectivity index (χ1v) is 8.99. The fourth-order valence-corrected chi connectivity index (χ4v) is 4.12. The summed E-state index contributed by atoms with van der Waals surface area (Å²) in [7, 11) is -3.14. The summed E-state index contributed by atoms with van der Waals surface area (Å²) in [6.07, 6.45) is 3.38. The predicted molar refractivity (Wildman–Crippen MR) is 74.9 cm³/mol. The molecule has 1 fully saturated rings. The Balaban J connectivity index is 2.00. The zero-order valence-electron chi connectivity index (χ0n) is 11.1. The van der Waals surface area contributed by atoms with Crippen LogP contribution in [0.25, 0.3) is 0 Å². The van der Waals surface area contributed by atoms with Gasteiger partial charge in [0.15, 0.2) is 5.78 Å². The van der Waals surface area contributed by atoms with E-state index in [1.54, 1.807) is 5.51 Å². The number of ketones is 1. The topological polar surface area (TPSA) is 67.3 Å². The molecular weight excluding hydrogens is 284 g/mol. The molecule has 1 aromatic heterocycles. The smallest absolute Gasteiger partial charge is 0.211 e. The number of aromatic nitrogens is 1. The molecule has 1 atom stereocenters. The van der Waals surface area contributed by atoms with Gasteiger partial charge in [-0.05, 0) is 25.7 Å². The highest BCUT2D eigenvalue weighted by molar-refractivity contribution is 7.88. The Hall–Kier alpha value is -0.790. The largest absolute Gasteiger partial charge is 0.293 e. The van der Waals surface area contributed by atoms with Crippen molar-refractivity contribution >= 4 is 27.1 Å². The predicted octanol–water partition coefficient (Wildman–Crippen LogP) is 1.70. The number of carbonyl (C=O) groups is 1. The molecule has 1 aliphatic rings. The fraction of sp³-hybridized carbons (Fsp3) is 0.667. The minimum Gasteiger partial charge on any atom is -0.293 e. The van der Waals surface area contributed by atoms with Gasteiger partial charge in [0, 0.05) is 19.5 Å². The first-order valence-electron chi connectivity index (χ1n) is 6.26. The molecule has 0 bridgehead atoms. The van der Waals surface area contributed by atoms with E-state index in [-0.39, 0.29) is 11.7 Å². The maximum atomic E-state index is 12.2. The van der Waals surface area contributed by atoms with Crippen LogP contribution in [0, 0.1) is 12.8 Å². The number of aryl methyl sites for hydroxylation is 1. The lowest BCUT2D eigenvalue weighted by molar-refractivity contribution is 0.0945. The van der Waals surface area contributed by atoms with Gasteiger partial charge in [-0.3, -0.25) is 4.79 Å². The van der Waals surface area contributed by atoms with Gasteiger partial charge < -0.3 is 0 Å². The third kappa shape index (κ3) is 3.61. The minimum absolute atomic E-state index is 0.0837. The molecule has 0 saturated carbocycles. The van der Waals surface area contributed by atoms with Crippen LogP contribution in [0.4, 0.5) is 0 Å². The van der Waals surface area contributed by atoms with Crippen molar-refractivity contribution < 1.29 is 13.2 Å². The van der Waals surface area contributed by atoms with Crippen molar-refractivity contribution in [3.8, 4) is 0 Å². The first kappa shape index (κ1) is 14.6. The molecule has 0 aliphatic carbocycles. The van der Waals surface area contributed by atoms with Crippen LogP contribution in [-0.2, 0) is 10.0 Å². The van der Waals surface area contributed by atoms with Gasteiger partial charge in [0.25, 0.3) is 0 Å². The Kier molecular flexibility index (Phi) is 4.37. The number of nitrogens with zero attached hydrogens (tertiary/aromatic N) is 2. The summed E-state index contributed by atoms with van der Waals surface area (Å²) < 4.78 is 24.5. The van der Waals surface area contributed by atoms with E-state index in [1.165, 1.54) is 21.9 Å². The van der Waals surface area contributed by atoms with Gasteiger partial charge in [-0.25, -0.2) is 17.7 Å². The summed E-state index contributed by atoms with van der Waals surface area (Å²) in [5, 5.41) is 0. The van der Waals surface area contributed by atoms with Crippen molar-refractivity contribution in [2.45, 2.75) is 26.2 Å². The van der Waals surface area contributed by atoms with Crippen LogP contribution < -0.4 is 0 Å². The summed E-state index contributed by atoms with van der Waals surface area (Å²) in [5.41, 5.74) is 2.44. The number of hydrogen-bond acceptors (Lipinski definition) is 5. The van der Waals surface area contributed by atoms with Gasteiger partial charge in [-0.1, -0.05) is 0 Å². The van der Waals surface area contributed by atoms with Gasteiger partial charge in [0.1, 0.15) is 0 Å². The van der Waals surface area contributed by atoms with Crippen molar-refractivity contribution in [2.24, 2.45) is 5.92 Å². The normalized spacial score (nSPS) is 21.5. The monoisotopic (exact) mass is 302 g/mol. The molecule has 1 aromatic rings. The molecule has 2 rings (SSSR count). The molecule has 1 saturated heterocycles. The molecule has 1 unspecified atom stereocenters. The summed E-state index contributed by atoms with van der Waals surface area (Å²) in [6, 6.07) is 0. The summed E-state index contributed by atoms with van der Waals surface area (Å²) in [5.74, 6) is 0.206. The van der Waals surface area contributed by atoms with Crippen molar-refractivity contribution in [1.82, 2.24) is 9.29 Å².